The van der Waals surface area contributed by atoms with Gasteiger partial charge in [0.15, 0.2) is 0 Å². The largest absolute Gasteiger partial charge is 0.351 e. The zero-order valence-corrected chi connectivity index (χ0v) is 15.7. The number of rotatable bonds is 4. The number of carbonyl (C=O) groups is 2. The summed E-state index contributed by atoms with van der Waals surface area (Å²) in [6.45, 7) is 1.95. The summed E-state index contributed by atoms with van der Waals surface area (Å²) in [7, 11) is 0. The van der Waals surface area contributed by atoms with E-state index in [0.717, 1.165) is 22.5 Å². The van der Waals surface area contributed by atoms with Crippen molar-refractivity contribution >= 4 is 34.3 Å². The maximum absolute atomic E-state index is 12.5. The number of benzene rings is 3. The predicted octanol–water partition coefficient (Wildman–Crippen LogP) is 4.08. The Morgan fingerprint density at radius 2 is 1.59 bits per heavy atom. The van der Waals surface area contributed by atoms with Crippen LogP contribution < -0.4 is 16.4 Å². The predicted molar refractivity (Wildman–Crippen MR) is 113 cm³/mol. The zero-order valence-electron chi connectivity index (χ0n) is 15.7. The lowest BCUT2D eigenvalue weighted by atomic mass is 10.2. The summed E-state index contributed by atoms with van der Waals surface area (Å²) < 4.78 is 2.07. The monoisotopic (exact) mass is 385 g/mol. The summed E-state index contributed by atoms with van der Waals surface area (Å²) in [5, 5.41) is 5.34. The summed E-state index contributed by atoms with van der Waals surface area (Å²) in [5.74, 6) is 0.612. The fourth-order valence-corrected chi connectivity index (χ4v) is 3.23. The first-order valence-corrected chi connectivity index (χ1v) is 9.04. The highest BCUT2D eigenvalue weighted by Crippen LogP contribution is 2.24. The van der Waals surface area contributed by atoms with Gasteiger partial charge >= 0.3 is 6.03 Å². The van der Waals surface area contributed by atoms with Crippen molar-refractivity contribution < 1.29 is 9.59 Å². The third-order valence-electron chi connectivity index (χ3n) is 4.51. The van der Waals surface area contributed by atoms with Gasteiger partial charge in [0, 0.05) is 22.6 Å². The lowest BCUT2D eigenvalue weighted by Gasteiger charge is -2.08. The van der Waals surface area contributed by atoms with Gasteiger partial charge in [-0.2, -0.15) is 0 Å². The van der Waals surface area contributed by atoms with E-state index in [2.05, 4.69) is 20.2 Å². The molecule has 7 nitrogen and oxygen atoms in total. The molecule has 7 heteroatoms. The van der Waals surface area contributed by atoms with Gasteiger partial charge in [0.1, 0.15) is 5.82 Å². The van der Waals surface area contributed by atoms with Crippen LogP contribution in [0.1, 0.15) is 16.2 Å². The van der Waals surface area contributed by atoms with Crippen LogP contribution in [0.4, 0.5) is 16.2 Å². The summed E-state index contributed by atoms with van der Waals surface area (Å²) >= 11 is 0. The van der Waals surface area contributed by atoms with Crippen LogP contribution in [-0.2, 0) is 0 Å². The minimum absolute atomic E-state index is 0.255. The Balaban J connectivity index is 1.57. The van der Waals surface area contributed by atoms with Crippen LogP contribution in [0, 0.1) is 6.92 Å². The molecule has 0 spiro atoms. The highest BCUT2D eigenvalue weighted by Gasteiger charge is 2.12. The molecule has 144 valence electrons. The molecule has 3 amide bonds. The minimum atomic E-state index is -0.652. The summed E-state index contributed by atoms with van der Waals surface area (Å²) in [6.07, 6.45) is 0. The fourth-order valence-electron chi connectivity index (χ4n) is 3.23. The number of hydrogen-bond donors (Lipinski definition) is 3. The number of imidazole rings is 1. The van der Waals surface area contributed by atoms with Crippen LogP contribution in [0.5, 0.6) is 0 Å². The lowest BCUT2D eigenvalue weighted by molar-refractivity contribution is 0.102. The highest BCUT2D eigenvalue weighted by molar-refractivity contribution is 6.05. The van der Waals surface area contributed by atoms with E-state index in [1.54, 1.807) is 24.3 Å². The van der Waals surface area contributed by atoms with Crippen molar-refractivity contribution in [3.8, 4) is 5.69 Å². The first-order chi connectivity index (χ1) is 14.0. The number of nitrogens with one attached hydrogen (secondary N) is 2. The van der Waals surface area contributed by atoms with Crippen molar-refractivity contribution in [1.29, 1.82) is 0 Å². The standard InChI is InChI=1S/C22H19N5O2/c1-14-24-19-13-17(11-12-20(19)27(14)18-5-3-2-4-6-18)25-21(28)15-7-9-16(10-8-15)26-22(23)29/h2-13H,1H3,(H,25,28)(H3,23,26,29). The maximum Gasteiger partial charge on any atom is 0.316 e. The van der Waals surface area contributed by atoms with Crippen LogP contribution in [-0.4, -0.2) is 21.5 Å². The first kappa shape index (κ1) is 18.2. The molecule has 0 saturated carbocycles. The number of para-hydroxylation sites is 1. The number of carbonyl (C=O) groups excluding carboxylic acids is 2. The molecule has 0 fully saturated rings. The second-order valence-corrected chi connectivity index (χ2v) is 6.55. The molecule has 0 atom stereocenters. The van der Waals surface area contributed by atoms with E-state index < -0.39 is 6.03 Å². The number of aromatic nitrogens is 2. The number of nitrogens with two attached hydrogens (primary N) is 1. The number of urea groups is 1. The molecule has 0 aliphatic carbocycles. The fraction of sp³-hybridized carbons (Fsp3) is 0.0455. The van der Waals surface area contributed by atoms with Gasteiger partial charge in [-0.05, 0) is 61.5 Å². The number of nitrogens with zero attached hydrogens (tertiary/aromatic N) is 2. The van der Waals surface area contributed by atoms with Crippen LogP contribution in [0.25, 0.3) is 16.7 Å². The molecule has 4 N–H and O–H groups in total. The lowest BCUT2D eigenvalue weighted by Crippen LogP contribution is -2.19. The summed E-state index contributed by atoms with van der Waals surface area (Å²) in [6, 6.07) is 21.5. The van der Waals surface area contributed by atoms with Crippen molar-refractivity contribution in [3.63, 3.8) is 0 Å². The van der Waals surface area contributed by atoms with E-state index in [4.69, 9.17) is 5.73 Å². The highest BCUT2D eigenvalue weighted by atomic mass is 16.2. The molecule has 0 radical (unpaired) electrons. The number of hydrogen-bond acceptors (Lipinski definition) is 3. The topological polar surface area (TPSA) is 102 Å². The minimum Gasteiger partial charge on any atom is -0.351 e. The molecule has 1 aromatic heterocycles. The Kier molecular flexibility index (Phi) is 4.70. The van der Waals surface area contributed by atoms with Crippen LogP contribution in [0.2, 0.25) is 0 Å². The second-order valence-electron chi connectivity index (χ2n) is 6.55. The third-order valence-corrected chi connectivity index (χ3v) is 4.51. The van der Waals surface area contributed by atoms with Crippen LogP contribution in [0.3, 0.4) is 0 Å². The molecule has 0 aliphatic rings. The van der Waals surface area contributed by atoms with Gasteiger partial charge < -0.3 is 16.4 Å². The SMILES string of the molecule is Cc1nc2cc(NC(=O)c3ccc(NC(N)=O)cc3)ccc2n1-c1ccccc1. The van der Waals surface area contributed by atoms with Gasteiger partial charge in [0.05, 0.1) is 11.0 Å². The third kappa shape index (κ3) is 3.79. The first-order valence-electron chi connectivity index (χ1n) is 9.04. The molecular weight excluding hydrogens is 366 g/mol. The maximum atomic E-state index is 12.5. The van der Waals surface area contributed by atoms with Gasteiger partial charge in [-0.25, -0.2) is 9.78 Å². The molecule has 3 aromatic carbocycles. The van der Waals surface area contributed by atoms with Gasteiger partial charge in [-0.1, -0.05) is 18.2 Å². The Bertz CT molecular complexity index is 1200. The normalized spacial score (nSPS) is 10.7. The van der Waals surface area contributed by atoms with Crippen molar-refractivity contribution in [2.75, 3.05) is 10.6 Å². The van der Waals surface area contributed by atoms with Gasteiger partial charge in [0.25, 0.3) is 5.91 Å². The Morgan fingerprint density at radius 3 is 2.28 bits per heavy atom. The number of fused-ring (bicyclic) bond motifs is 1. The summed E-state index contributed by atoms with van der Waals surface area (Å²) in [5.41, 5.74) is 9.52. The Hall–Kier alpha value is -4.13. The zero-order chi connectivity index (χ0) is 20.4. The molecule has 0 saturated heterocycles. The Morgan fingerprint density at radius 1 is 0.897 bits per heavy atom. The van der Waals surface area contributed by atoms with Crippen molar-refractivity contribution in [3.05, 3.63) is 84.2 Å². The number of primary amides is 1. The average molecular weight is 385 g/mol. The molecule has 0 unspecified atom stereocenters. The average Bonchev–Trinajstić information content (AvgIpc) is 3.03. The molecule has 4 rings (SSSR count). The van der Waals surface area contributed by atoms with Crippen molar-refractivity contribution in [1.82, 2.24) is 9.55 Å². The van der Waals surface area contributed by atoms with Gasteiger partial charge in [0.2, 0.25) is 0 Å². The van der Waals surface area contributed by atoms with Crippen molar-refractivity contribution in [2.45, 2.75) is 6.92 Å². The molecular formula is C22H19N5O2. The molecule has 29 heavy (non-hydrogen) atoms. The smallest absolute Gasteiger partial charge is 0.316 e. The van der Waals surface area contributed by atoms with Crippen LogP contribution >= 0.6 is 0 Å². The van der Waals surface area contributed by atoms with Gasteiger partial charge in [-0.15, -0.1) is 0 Å². The van der Waals surface area contributed by atoms with E-state index in [1.165, 1.54) is 0 Å². The number of anilines is 2. The number of amides is 3. The van der Waals surface area contributed by atoms with Gasteiger partial charge in [-0.3, -0.25) is 9.36 Å². The van der Waals surface area contributed by atoms with E-state index in [1.807, 2.05) is 55.5 Å². The second kappa shape index (κ2) is 7.47. The van der Waals surface area contributed by atoms with Crippen LogP contribution in [0.15, 0.2) is 72.8 Å². The van der Waals surface area contributed by atoms with E-state index in [0.29, 0.717) is 16.9 Å². The summed E-state index contributed by atoms with van der Waals surface area (Å²) in [4.78, 5) is 28.0. The van der Waals surface area contributed by atoms with E-state index in [-0.39, 0.29) is 5.91 Å². The van der Waals surface area contributed by atoms with E-state index in [9.17, 15) is 9.59 Å². The molecule has 1 heterocycles. The quantitative estimate of drug-likeness (QED) is 0.493. The molecule has 0 bridgehead atoms. The molecule has 0 aliphatic heterocycles. The van der Waals surface area contributed by atoms with E-state index >= 15 is 0 Å². The Labute approximate surface area is 167 Å². The molecule has 4 aromatic rings. The van der Waals surface area contributed by atoms with Crippen molar-refractivity contribution in [2.24, 2.45) is 5.73 Å². The number of aryl methyl sites for hydroxylation is 1.